The van der Waals surface area contributed by atoms with Crippen molar-refractivity contribution < 1.29 is 19.7 Å². The maximum absolute atomic E-state index is 8.63. The van der Waals surface area contributed by atoms with Gasteiger partial charge in [0.1, 0.15) is 0 Å². The monoisotopic (exact) mass is 216 g/mol. The second-order valence-corrected chi connectivity index (χ2v) is 3.93. The molecule has 0 spiro atoms. The number of rotatable bonds is 8. The second kappa shape index (κ2) is 6.95. The van der Waals surface area contributed by atoms with E-state index >= 15 is 0 Å². The third-order valence-electron chi connectivity index (χ3n) is 2.56. The van der Waals surface area contributed by atoms with Gasteiger partial charge in [-0.3, -0.25) is 0 Å². The van der Waals surface area contributed by atoms with E-state index in [-0.39, 0.29) is 18.6 Å². The van der Waals surface area contributed by atoms with Crippen molar-refractivity contribution in [3.8, 4) is 0 Å². The third kappa shape index (κ3) is 4.30. The van der Waals surface area contributed by atoms with Crippen LogP contribution in [0.15, 0.2) is 12.2 Å². The largest absolute Gasteiger partial charge is 0.394 e. The van der Waals surface area contributed by atoms with Crippen LogP contribution in [-0.4, -0.2) is 49.9 Å². The Bertz CT molecular complexity index is 171. The lowest BCUT2D eigenvalue weighted by Crippen LogP contribution is -2.30. The quantitative estimate of drug-likeness (QED) is 0.454. The maximum Gasteiger partial charge on any atom is 0.0698 e. The molecule has 4 nitrogen and oxygen atoms in total. The van der Waals surface area contributed by atoms with Crippen molar-refractivity contribution in [1.82, 2.24) is 0 Å². The summed E-state index contributed by atoms with van der Waals surface area (Å²) in [5.41, 5.74) is 0.0182. The molecule has 0 aromatic heterocycles. The van der Waals surface area contributed by atoms with E-state index in [0.717, 1.165) is 12.8 Å². The number of allylic oxidation sites excluding steroid dienone is 2. The molecule has 0 radical (unpaired) electrons. The van der Waals surface area contributed by atoms with Crippen LogP contribution in [0.2, 0.25) is 0 Å². The molecule has 0 aromatic carbocycles. The van der Waals surface area contributed by atoms with Crippen LogP contribution in [-0.2, 0) is 9.47 Å². The van der Waals surface area contributed by atoms with Crippen molar-refractivity contribution in [1.29, 1.82) is 0 Å². The van der Waals surface area contributed by atoms with Gasteiger partial charge in [0.15, 0.2) is 0 Å². The summed E-state index contributed by atoms with van der Waals surface area (Å²) in [5.74, 6) is 0. The molecule has 88 valence electrons. The van der Waals surface area contributed by atoms with Crippen LogP contribution in [0.5, 0.6) is 0 Å². The fourth-order valence-electron chi connectivity index (χ4n) is 1.73. The van der Waals surface area contributed by atoms with Gasteiger partial charge in [0.25, 0.3) is 0 Å². The first-order valence-corrected chi connectivity index (χ1v) is 5.35. The lowest BCUT2D eigenvalue weighted by atomic mass is 9.87. The van der Waals surface area contributed by atoms with Crippen LogP contribution < -0.4 is 0 Å². The predicted octanol–water partition coefficient (Wildman–Crippen LogP) is 0.341. The van der Waals surface area contributed by atoms with Crippen LogP contribution in [0.3, 0.4) is 0 Å². The molecule has 0 aromatic rings. The Morgan fingerprint density at radius 3 is 1.80 bits per heavy atom. The van der Waals surface area contributed by atoms with Crippen LogP contribution in [0.25, 0.3) is 0 Å². The first kappa shape index (κ1) is 12.6. The summed E-state index contributed by atoms with van der Waals surface area (Å²) in [6, 6.07) is 0. The third-order valence-corrected chi connectivity index (χ3v) is 2.56. The van der Waals surface area contributed by atoms with Crippen LogP contribution in [0.1, 0.15) is 12.8 Å². The van der Waals surface area contributed by atoms with E-state index in [4.69, 9.17) is 19.7 Å². The smallest absolute Gasteiger partial charge is 0.0698 e. The van der Waals surface area contributed by atoms with Gasteiger partial charge in [-0.05, 0) is 12.8 Å². The van der Waals surface area contributed by atoms with Gasteiger partial charge in [-0.2, -0.15) is 0 Å². The topological polar surface area (TPSA) is 58.9 Å². The first-order chi connectivity index (χ1) is 7.33. The molecule has 15 heavy (non-hydrogen) atoms. The molecule has 1 rings (SSSR count). The summed E-state index contributed by atoms with van der Waals surface area (Å²) in [4.78, 5) is 0. The van der Waals surface area contributed by atoms with Crippen LogP contribution >= 0.6 is 0 Å². The predicted molar refractivity (Wildman–Crippen MR) is 56.6 cm³/mol. The van der Waals surface area contributed by atoms with E-state index in [2.05, 4.69) is 12.2 Å². The summed E-state index contributed by atoms with van der Waals surface area (Å²) in [6.07, 6.45) is 6.16. The molecule has 0 amide bonds. The van der Waals surface area contributed by atoms with Crippen molar-refractivity contribution in [3.63, 3.8) is 0 Å². The maximum atomic E-state index is 8.63. The number of hydrogen-bond donors (Lipinski definition) is 2. The fraction of sp³-hybridized carbons (Fsp3) is 0.818. The minimum Gasteiger partial charge on any atom is -0.394 e. The Hall–Kier alpha value is -0.420. The minimum absolute atomic E-state index is 0.0182. The molecule has 0 unspecified atom stereocenters. The second-order valence-electron chi connectivity index (χ2n) is 3.93. The van der Waals surface area contributed by atoms with Gasteiger partial charge < -0.3 is 19.7 Å². The van der Waals surface area contributed by atoms with E-state index in [1.807, 2.05) is 0 Å². The minimum atomic E-state index is 0.0182. The van der Waals surface area contributed by atoms with E-state index in [1.165, 1.54) is 0 Å². The molecule has 4 heteroatoms. The molecule has 1 aliphatic carbocycles. The highest BCUT2D eigenvalue weighted by atomic mass is 16.5. The summed E-state index contributed by atoms with van der Waals surface area (Å²) >= 11 is 0. The van der Waals surface area contributed by atoms with Gasteiger partial charge in [0.2, 0.25) is 0 Å². The highest BCUT2D eigenvalue weighted by Gasteiger charge is 2.31. The zero-order valence-corrected chi connectivity index (χ0v) is 9.02. The van der Waals surface area contributed by atoms with E-state index in [9.17, 15) is 0 Å². The summed E-state index contributed by atoms with van der Waals surface area (Å²) < 4.78 is 10.7. The van der Waals surface area contributed by atoms with Crippen LogP contribution in [0.4, 0.5) is 0 Å². The summed E-state index contributed by atoms with van der Waals surface area (Å²) in [7, 11) is 0. The molecule has 2 N–H and O–H groups in total. The molecule has 0 bridgehead atoms. The van der Waals surface area contributed by atoms with E-state index < -0.39 is 0 Å². The Labute approximate surface area is 90.5 Å². The molecule has 0 atom stereocenters. The van der Waals surface area contributed by atoms with E-state index in [1.54, 1.807) is 0 Å². The lowest BCUT2D eigenvalue weighted by Gasteiger charge is -2.28. The zero-order valence-electron chi connectivity index (χ0n) is 9.02. The number of ether oxygens (including phenoxy) is 2. The summed E-state index contributed by atoms with van der Waals surface area (Å²) in [5, 5.41) is 17.3. The standard InChI is InChI=1S/C11H20O4/c12-5-7-14-9-11(3-1-2-4-11)10-15-8-6-13/h1-2,12-13H,3-10H2. The number of aliphatic hydroxyl groups is 2. The zero-order chi connectivity index (χ0) is 11.0. The molecule has 0 saturated heterocycles. The molecule has 0 fully saturated rings. The van der Waals surface area contributed by atoms with Crippen molar-refractivity contribution in [3.05, 3.63) is 12.2 Å². The SMILES string of the molecule is OCCOCC1(COCCO)CC=CC1. The van der Waals surface area contributed by atoms with Crippen molar-refractivity contribution in [2.75, 3.05) is 39.6 Å². The van der Waals surface area contributed by atoms with Gasteiger partial charge in [-0.15, -0.1) is 0 Å². The molecular formula is C11H20O4. The van der Waals surface area contributed by atoms with Crippen molar-refractivity contribution in [2.24, 2.45) is 5.41 Å². The van der Waals surface area contributed by atoms with Crippen LogP contribution in [0, 0.1) is 5.41 Å². The summed E-state index contributed by atoms with van der Waals surface area (Å²) in [6.45, 7) is 2.07. The Balaban J connectivity index is 2.27. The van der Waals surface area contributed by atoms with Gasteiger partial charge in [-0.1, -0.05) is 12.2 Å². The Morgan fingerprint density at radius 2 is 1.40 bits per heavy atom. The molecule has 0 heterocycles. The molecule has 0 aliphatic heterocycles. The normalized spacial score (nSPS) is 18.5. The van der Waals surface area contributed by atoms with Gasteiger partial charge in [0.05, 0.1) is 39.6 Å². The van der Waals surface area contributed by atoms with Gasteiger partial charge in [0, 0.05) is 5.41 Å². The average Bonchev–Trinajstić information content (AvgIpc) is 2.68. The lowest BCUT2D eigenvalue weighted by molar-refractivity contribution is -0.0301. The van der Waals surface area contributed by atoms with Gasteiger partial charge in [-0.25, -0.2) is 0 Å². The van der Waals surface area contributed by atoms with Gasteiger partial charge >= 0.3 is 0 Å². The molecular weight excluding hydrogens is 196 g/mol. The highest BCUT2D eigenvalue weighted by Crippen LogP contribution is 2.33. The van der Waals surface area contributed by atoms with Crippen molar-refractivity contribution >= 4 is 0 Å². The highest BCUT2D eigenvalue weighted by molar-refractivity contribution is 5.03. The fourth-order valence-corrected chi connectivity index (χ4v) is 1.73. The van der Waals surface area contributed by atoms with Crippen molar-refractivity contribution in [2.45, 2.75) is 12.8 Å². The molecule has 0 saturated carbocycles. The average molecular weight is 216 g/mol. The number of aliphatic hydroxyl groups excluding tert-OH is 2. The Kier molecular flexibility index (Phi) is 5.86. The first-order valence-electron chi connectivity index (χ1n) is 5.35. The molecule has 1 aliphatic rings. The van der Waals surface area contributed by atoms with E-state index in [0.29, 0.717) is 26.4 Å². The Morgan fingerprint density at radius 1 is 0.933 bits per heavy atom. The number of hydrogen-bond acceptors (Lipinski definition) is 4.